The lowest BCUT2D eigenvalue weighted by Crippen LogP contribution is -2.20. The van der Waals surface area contributed by atoms with Crippen molar-refractivity contribution in [2.75, 3.05) is 23.4 Å². The summed E-state index contributed by atoms with van der Waals surface area (Å²) in [6.45, 7) is 1.72. The lowest BCUT2D eigenvalue weighted by molar-refractivity contribution is 1.01. The van der Waals surface area contributed by atoms with Gasteiger partial charge < -0.3 is 4.90 Å². The fourth-order valence-corrected chi connectivity index (χ4v) is 2.98. The van der Waals surface area contributed by atoms with Crippen LogP contribution in [0.2, 0.25) is 0 Å². The van der Waals surface area contributed by atoms with Gasteiger partial charge in [0.1, 0.15) is 12.1 Å². The Kier molecular flexibility index (Phi) is 2.82. The van der Waals surface area contributed by atoms with Gasteiger partial charge in [-0.25, -0.2) is 0 Å². The maximum Gasteiger partial charge on any atom is 0.237 e. The van der Waals surface area contributed by atoms with Crippen molar-refractivity contribution in [1.29, 1.82) is 10.5 Å². The monoisotopic (exact) mass is 268 g/mol. The van der Waals surface area contributed by atoms with E-state index in [1.165, 1.54) is 0 Å². The maximum atomic E-state index is 8.61. The number of hydrazone groups is 1. The quantitative estimate of drug-likeness (QED) is 0.652. The van der Waals surface area contributed by atoms with Crippen LogP contribution in [0, 0.1) is 22.7 Å². The summed E-state index contributed by atoms with van der Waals surface area (Å²) >= 11 is 1.66. The molecule has 0 aromatic heterocycles. The van der Waals surface area contributed by atoms with Crippen molar-refractivity contribution < 1.29 is 0 Å². The molecule has 3 rings (SSSR count). The Labute approximate surface area is 114 Å². The van der Waals surface area contributed by atoms with Crippen molar-refractivity contribution in [3.05, 3.63) is 18.2 Å². The standard InChI is InChI=1S/C12H8N6S/c13-6-9(7-14)17-16-8-1-2-11-10(5-8)18-4-3-15-12(18)19-11/h1-2,5,16H,3-4H2. The van der Waals surface area contributed by atoms with E-state index < -0.39 is 0 Å². The van der Waals surface area contributed by atoms with E-state index in [0.717, 1.165) is 34.5 Å². The van der Waals surface area contributed by atoms with Gasteiger partial charge in [-0.05, 0) is 30.0 Å². The molecule has 1 N–H and O–H groups in total. The van der Waals surface area contributed by atoms with E-state index in [4.69, 9.17) is 10.5 Å². The van der Waals surface area contributed by atoms with Crippen LogP contribution in [0.5, 0.6) is 0 Å². The van der Waals surface area contributed by atoms with Crippen LogP contribution in [0.4, 0.5) is 11.4 Å². The van der Waals surface area contributed by atoms with Crippen LogP contribution in [0.15, 0.2) is 33.2 Å². The molecule has 92 valence electrons. The number of rotatable bonds is 2. The number of nitrogens with zero attached hydrogens (tertiary/aromatic N) is 5. The summed E-state index contributed by atoms with van der Waals surface area (Å²) in [4.78, 5) is 7.73. The molecule has 2 heterocycles. The molecule has 0 fully saturated rings. The molecule has 1 aromatic carbocycles. The third-order valence-electron chi connectivity index (χ3n) is 2.76. The number of nitrogens with one attached hydrogen (secondary N) is 1. The molecular weight excluding hydrogens is 260 g/mol. The first kappa shape index (κ1) is 11.6. The molecule has 0 amide bonds. The van der Waals surface area contributed by atoms with Crippen LogP contribution in [-0.4, -0.2) is 24.0 Å². The maximum absolute atomic E-state index is 8.61. The Balaban J connectivity index is 1.86. The first-order chi connectivity index (χ1) is 9.31. The number of benzene rings is 1. The van der Waals surface area contributed by atoms with Crippen LogP contribution in [0.1, 0.15) is 0 Å². The molecule has 0 saturated heterocycles. The smallest absolute Gasteiger partial charge is 0.237 e. The van der Waals surface area contributed by atoms with Gasteiger partial charge in [0.05, 0.1) is 17.9 Å². The number of hydrogen-bond acceptors (Lipinski definition) is 7. The minimum absolute atomic E-state index is 0.196. The molecule has 7 heteroatoms. The van der Waals surface area contributed by atoms with Gasteiger partial charge in [-0.1, -0.05) is 0 Å². The number of anilines is 2. The SMILES string of the molecule is N#CC(C#N)=NNc1ccc2c(c1)N1CCN=C1S2. The van der Waals surface area contributed by atoms with E-state index in [0.29, 0.717) is 0 Å². The Hall–Kier alpha value is -2.51. The average molecular weight is 268 g/mol. The highest BCUT2D eigenvalue weighted by molar-refractivity contribution is 8.14. The highest BCUT2D eigenvalue weighted by atomic mass is 32.2. The fourth-order valence-electron chi connectivity index (χ4n) is 1.92. The third-order valence-corrected chi connectivity index (χ3v) is 3.86. The van der Waals surface area contributed by atoms with Crippen LogP contribution >= 0.6 is 11.8 Å². The van der Waals surface area contributed by atoms with Gasteiger partial charge in [-0.2, -0.15) is 15.6 Å². The summed E-state index contributed by atoms with van der Waals surface area (Å²) in [6, 6.07) is 9.21. The van der Waals surface area contributed by atoms with Crippen molar-refractivity contribution in [1.82, 2.24) is 0 Å². The van der Waals surface area contributed by atoms with Crippen molar-refractivity contribution in [2.24, 2.45) is 10.1 Å². The molecule has 19 heavy (non-hydrogen) atoms. The Morgan fingerprint density at radius 3 is 3.05 bits per heavy atom. The van der Waals surface area contributed by atoms with Gasteiger partial charge >= 0.3 is 0 Å². The zero-order valence-corrected chi connectivity index (χ0v) is 10.6. The second-order valence-corrected chi connectivity index (χ2v) is 4.91. The summed E-state index contributed by atoms with van der Waals surface area (Å²) < 4.78 is 0. The molecule has 0 radical (unpaired) electrons. The average Bonchev–Trinajstić information content (AvgIpc) is 3.00. The lowest BCUT2D eigenvalue weighted by atomic mass is 10.2. The lowest BCUT2D eigenvalue weighted by Gasteiger charge is -2.12. The summed E-state index contributed by atoms with van der Waals surface area (Å²) in [5.74, 6) is 0. The van der Waals surface area contributed by atoms with Gasteiger partial charge in [-0.15, -0.1) is 0 Å². The van der Waals surface area contributed by atoms with E-state index in [-0.39, 0.29) is 5.71 Å². The zero-order chi connectivity index (χ0) is 13.2. The summed E-state index contributed by atoms with van der Waals surface area (Å²) in [6.07, 6.45) is 0. The van der Waals surface area contributed by atoms with Crippen LogP contribution in [0.25, 0.3) is 0 Å². The number of aliphatic imine (C=N–C) groups is 1. The summed E-state index contributed by atoms with van der Waals surface area (Å²) in [5, 5.41) is 22.0. The first-order valence-corrected chi connectivity index (χ1v) is 6.41. The van der Waals surface area contributed by atoms with E-state index in [2.05, 4.69) is 20.4 Å². The van der Waals surface area contributed by atoms with Gasteiger partial charge in [0.25, 0.3) is 0 Å². The Morgan fingerprint density at radius 1 is 1.42 bits per heavy atom. The number of amidine groups is 1. The molecule has 2 aliphatic heterocycles. The topological polar surface area (TPSA) is 87.6 Å². The second kappa shape index (κ2) is 4.63. The number of nitriles is 2. The molecule has 0 saturated carbocycles. The third kappa shape index (κ3) is 2.01. The van der Waals surface area contributed by atoms with Gasteiger partial charge in [0, 0.05) is 11.4 Å². The predicted octanol–water partition coefficient (Wildman–Crippen LogP) is 1.78. The Morgan fingerprint density at radius 2 is 2.26 bits per heavy atom. The number of fused-ring (bicyclic) bond motifs is 3. The van der Waals surface area contributed by atoms with Crippen molar-refractivity contribution in [2.45, 2.75) is 4.90 Å². The molecule has 1 aromatic rings. The van der Waals surface area contributed by atoms with E-state index >= 15 is 0 Å². The number of thioether (sulfide) groups is 1. The largest absolute Gasteiger partial charge is 0.318 e. The van der Waals surface area contributed by atoms with Gasteiger partial charge in [-0.3, -0.25) is 10.4 Å². The van der Waals surface area contributed by atoms with Crippen molar-refractivity contribution >= 4 is 34.0 Å². The minimum Gasteiger partial charge on any atom is -0.318 e. The minimum atomic E-state index is -0.196. The highest BCUT2D eigenvalue weighted by Gasteiger charge is 2.29. The molecule has 0 atom stereocenters. The molecule has 0 unspecified atom stereocenters. The molecular formula is C12H8N6S. The molecule has 0 aliphatic carbocycles. The van der Waals surface area contributed by atoms with E-state index in [9.17, 15) is 0 Å². The zero-order valence-electron chi connectivity index (χ0n) is 9.79. The number of hydrogen-bond donors (Lipinski definition) is 1. The highest BCUT2D eigenvalue weighted by Crippen LogP contribution is 2.43. The van der Waals surface area contributed by atoms with Crippen molar-refractivity contribution in [3.63, 3.8) is 0 Å². The molecule has 0 bridgehead atoms. The summed E-state index contributed by atoms with van der Waals surface area (Å²) in [7, 11) is 0. The van der Waals surface area contributed by atoms with Gasteiger partial charge in [0.15, 0.2) is 5.17 Å². The normalized spacial score (nSPS) is 14.8. The van der Waals surface area contributed by atoms with E-state index in [1.54, 1.807) is 23.9 Å². The van der Waals surface area contributed by atoms with Crippen LogP contribution < -0.4 is 10.3 Å². The summed E-state index contributed by atoms with van der Waals surface area (Å²) in [5.41, 5.74) is 4.37. The predicted molar refractivity (Wildman–Crippen MR) is 74.2 cm³/mol. The first-order valence-electron chi connectivity index (χ1n) is 5.59. The second-order valence-electron chi connectivity index (χ2n) is 3.90. The van der Waals surface area contributed by atoms with Gasteiger partial charge in [0.2, 0.25) is 5.71 Å². The van der Waals surface area contributed by atoms with E-state index in [1.807, 2.05) is 18.2 Å². The van der Waals surface area contributed by atoms with Crippen LogP contribution in [0.3, 0.4) is 0 Å². The van der Waals surface area contributed by atoms with Crippen molar-refractivity contribution in [3.8, 4) is 12.1 Å². The molecule has 0 spiro atoms. The fraction of sp³-hybridized carbons (Fsp3) is 0.167. The Bertz CT molecular complexity index is 662. The molecule has 2 aliphatic rings. The molecule has 6 nitrogen and oxygen atoms in total. The van der Waals surface area contributed by atoms with Crippen LogP contribution in [-0.2, 0) is 0 Å².